The molecular formula is C15H15N3O4. The molecule has 1 saturated heterocycles. The van der Waals surface area contributed by atoms with Crippen LogP contribution < -0.4 is 0 Å². The summed E-state index contributed by atoms with van der Waals surface area (Å²) in [5.41, 5.74) is -0.291. The van der Waals surface area contributed by atoms with Crippen LogP contribution in [0.3, 0.4) is 0 Å². The van der Waals surface area contributed by atoms with Crippen molar-refractivity contribution in [3.05, 3.63) is 57.3 Å². The van der Waals surface area contributed by atoms with Crippen molar-refractivity contribution in [3.63, 3.8) is 0 Å². The number of hydrogen-bond donors (Lipinski definition) is 0. The number of hydrazine groups is 1. The molecule has 1 atom stereocenters. The Morgan fingerprint density at radius 2 is 2.05 bits per heavy atom. The minimum atomic E-state index is -1.13. The first-order valence-electron chi connectivity index (χ1n) is 6.87. The van der Waals surface area contributed by atoms with Crippen LogP contribution in [0.25, 0.3) is 0 Å². The molecule has 0 aromatic carbocycles. The van der Waals surface area contributed by atoms with Gasteiger partial charge < -0.3 is 0 Å². The molecule has 0 saturated carbocycles. The molecule has 1 fully saturated rings. The molecule has 2 amide bonds. The molecule has 0 aromatic rings. The lowest BCUT2D eigenvalue weighted by atomic mass is 9.63. The average Bonchev–Trinajstić information content (AvgIpc) is 2.45. The van der Waals surface area contributed by atoms with Crippen molar-refractivity contribution in [2.24, 2.45) is 5.41 Å². The lowest BCUT2D eigenvalue weighted by Crippen LogP contribution is -2.59. The molecule has 114 valence electrons. The van der Waals surface area contributed by atoms with E-state index in [0.717, 1.165) is 5.01 Å². The second-order valence-corrected chi connectivity index (χ2v) is 5.65. The molecule has 3 aliphatic rings. The minimum absolute atomic E-state index is 0.129. The predicted octanol–water partition coefficient (Wildman–Crippen LogP) is 1.20. The second-order valence-electron chi connectivity index (χ2n) is 5.65. The summed E-state index contributed by atoms with van der Waals surface area (Å²) in [6.45, 7) is 0. The van der Waals surface area contributed by atoms with E-state index in [1.54, 1.807) is 26.2 Å². The highest BCUT2D eigenvalue weighted by atomic mass is 16.6. The van der Waals surface area contributed by atoms with Gasteiger partial charge in [0.25, 0.3) is 11.6 Å². The van der Waals surface area contributed by atoms with Gasteiger partial charge in [0.05, 0.1) is 11.3 Å². The van der Waals surface area contributed by atoms with E-state index in [4.69, 9.17) is 0 Å². The van der Waals surface area contributed by atoms with Gasteiger partial charge >= 0.3 is 0 Å². The zero-order valence-electron chi connectivity index (χ0n) is 12.3. The molecule has 0 bridgehead atoms. The summed E-state index contributed by atoms with van der Waals surface area (Å²) in [4.78, 5) is 36.1. The Labute approximate surface area is 127 Å². The van der Waals surface area contributed by atoms with E-state index >= 15 is 0 Å². The Morgan fingerprint density at radius 3 is 2.68 bits per heavy atom. The lowest BCUT2D eigenvalue weighted by Gasteiger charge is -2.45. The van der Waals surface area contributed by atoms with Crippen LogP contribution in [0.4, 0.5) is 0 Å². The summed E-state index contributed by atoms with van der Waals surface area (Å²) in [5.74, 6) is -0.873. The summed E-state index contributed by atoms with van der Waals surface area (Å²) in [6, 6.07) is 0. The zero-order chi connectivity index (χ0) is 16.1. The van der Waals surface area contributed by atoms with Gasteiger partial charge in [0.2, 0.25) is 5.91 Å². The molecule has 3 rings (SSSR count). The van der Waals surface area contributed by atoms with Gasteiger partial charge in [0, 0.05) is 25.7 Å². The molecule has 0 radical (unpaired) electrons. The number of amides is 2. The maximum atomic E-state index is 13.0. The lowest BCUT2D eigenvalue weighted by molar-refractivity contribution is -0.421. The van der Waals surface area contributed by atoms with Crippen molar-refractivity contribution in [1.82, 2.24) is 10.0 Å². The van der Waals surface area contributed by atoms with Gasteiger partial charge in [-0.25, -0.2) is 10.0 Å². The first kappa shape index (κ1) is 14.4. The molecule has 22 heavy (non-hydrogen) atoms. The Bertz CT molecular complexity index is 714. The van der Waals surface area contributed by atoms with Gasteiger partial charge in [-0.15, -0.1) is 0 Å². The maximum Gasteiger partial charge on any atom is 0.270 e. The minimum Gasteiger partial charge on any atom is -0.273 e. The van der Waals surface area contributed by atoms with E-state index in [1.165, 1.54) is 11.1 Å². The highest BCUT2D eigenvalue weighted by molar-refractivity contribution is 6.06. The molecule has 1 heterocycles. The Kier molecular flexibility index (Phi) is 3.10. The molecule has 7 heteroatoms. The van der Waals surface area contributed by atoms with Gasteiger partial charge in [-0.05, 0) is 12.0 Å². The molecule has 0 N–H and O–H groups in total. The van der Waals surface area contributed by atoms with Crippen LogP contribution in [0.5, 0.6) is 0 Å². The molecule has 7 nitrogen and oxygen atoms in total. The summed E-state index contributed by atoms with van der Waals surface area (Å²) in [6.07, 6.45) is 8.59. The van der Waals surface area contributed by atoms with Crippen LogP contribution in [-0.4, -0.2) is 40.9 Å². The molecule has 1 aliphatic heterocycles. The number of nitrogens with zero attached hydrogens (tertiary/aromatic N) is 3. The number of hydrogen-bond acceptors (Lipinski definition) is 5. The van der Waals surface area contributed by atoms with Crippen molar-refractivity contribution >= 4 is 11.8 Å². The summed E-state index contributed by atoms with van der Waals surface area (Å²) in [7, 11) is 3.21. The van der Waals surface area contributed by atoms with Gasteiger partial charge in [-0.2, -0.15) is 0 Å². The van der Waals surface area contributed by atoms with Crippen LogP contribution in [0, 0.1) is 15.5 Å². The normalized spacial score (nSPS) is 27.0. The number of rotatable bonds is 2. The molecule has 1 spiro atoms. The van der Waals surface area contributed by atoms with Crippen molar-refractivity contribution in [2.45, 2.75) is 12.8 Å². The van der Waals surface area contributed by atoms with Crippen LogP contribution >= 0.6 is 0 Å². The number of piperidine rings is 1. The first-order chi connectivity index (χ1) is 10.4. The standard InChI is InChI=1S/C15H15N3O4/c1-16(2)17-13(19)9-11-12(18(21)22)7-6-10-5-3-4-8-15(10,11)14(17)20/h3-7H,8-9H2,1-2H3. The highest BCUT2D eigenvalue weighted by Gasteiger charge is 2.56. The highest BCUT2D eigenvalue weighted by Crippen LogP contribution is 2.51. The van der Waals surface area contributed by atoms with Gasteiger partial charge in [-0.1, -0.05) is 24.3 Å². The van der Waals surface area contributed by atoms with E-state index < -0.39 is 22.2 Å². The third-order valence-electron chi connectivity index (χ3n) is 4.29. The third-order valence-corrected chi connectivity index (χ3v) is 4.29. The zero-order valence-corrected chi connectivity index (χ0v) is 12.3. The third kappa shape index (κ3) is 1.72. The fourth-order valence-electron chi connectivity index (χ4n) is 3.34. The van der Waals surface area contributed by atoms with E-state index in [-0.39, 0.29) is 12.1 Å². The monoisotopic (exact) mass is 301 g/mol. The first-order valence-corrected chi connectivity index (χ1v) is 6.87. The maximum absolute atomic E-state index is 13.0. The van der Waals surface area contributed by atoms with Gasteiger partial charge in [0.1, 0.15) is 5.41 Å². The van der Waals surface area contributed by atoms with E-state index in [1.807, 2.05) is 12.2 Å². The SMILES string of the molecule is CN(C)N1C(=O)CC2=C([N+](=O)[O-])C=CC3=CC=CCC32C1=O. The average molecular weight is 301 g/mol. The number of nitro groups is 1. The van der Waals surface area contributed by atoms with Crippen molar-refractivity contribution < 1.29 is 14.5 Å². The second kappa shape index (κ2) is 4.74. The smallest absolute Gasteiger partial charge is 0.270 e. The van der Waals surface area contributed by atoms with E-state index in [9.17, 15) is 19.7 Å². The Balaban J connectivity index is 2.26. The van der Waals surface area contributed by atoms with Crippen LogP contribution in [0.15, 0.2) is 47.2 Å². The summed E-state index contributed by atoms with van der Waals surface area (Å²) < 4.78 is 0. The number of carbonyl (C=O) groups excluding carboxylic acids is 2. The van der Waals surface area contributed by atoms with Crippen molar-refractivity contribution in [2.75, 3.05) is 14.1 Å². The predicted molar refractivity (Wildman–Crippen MR) is 77.6 cm³/mol. The molecule has 1 unspecified atom stereocenters. The van der Waals surface area contributed by atoms with E-state index in [0.29, 0.717) is 17.6 Å². The van der Waals surface area contributed by atoms with Crippen molar-refractivity contribution in [3.8, 4) is 0 Å². The molecule has 0 aromatic heterocycles. The molecule has 2 aliphatic carbocycles. The Morgan fingerprint density at radius 1 is 1.32 bits per heavy atom. The number of imide groups is 1. The fraction of sp³-hybridized carbons (Fsp3) is 0.333. The topological polar surface area (TPSA) is 83.8 Å². The number of carbonyl (C=O) groups is 2. The van der Waals surface area contributed by atoms with Crippen LogP contribution in [0.2, 0.25) is 0 Å². The van der Waals surface area contributed by atoms with E-state index in [2.05, 4.69) is 0 Å². The molecular weight excluding hydrogens is 286 g/mol. The number of allylic oxidation sites excluding steroid dienone is 5. The van der Waals surface area contributed by atoms with Gasteiger partial charge in [-0.3, -0.25) is 19.7 Å². The van der Waals surface area contributed by atoms with Crippen LogP contribution in [0.1, 0.15) is 12.8 Å². The van der Waals surface area contributed by atoms with Gasteiger partial charge in [0.15, 0.2) is 0 Å². The van der Waals surface area contributed by atoms with Crippen LogP contribution in [-0.2, 0) is 9.59 Å². The largest absolute Gasteiger partial charge is 0.273 e. The fourth-order valence-corrected chi connectivity index (χ4v) is 3.34. The summed E-state index contributed by atoms with van der Waals surface area (Å²) >= 11 is 0. The Hall–Kier alpha value is -2.54. The quantitative estimate of drug-likeness (QED) is 0.434. The summed E-state index contributed by atoms with van der Waals surface area (Å²) in [5, 5.41) is 13.8. The van der Waals surface area contributed by atoms with Crippen molar-refractivity contribution in [1.29, 1.82) is 0 Å².